The topological polar surface area (TPSA) is 50.7 Å². The summed E-state index contributed by atoms with van der Waals surface area (Å²) in [6.45, 7) is 2.00. The van der Waals surface area contributed by atoms with Gasteiger partial charge in [-0.3, -0.25) is 0 Å². The van der Waals surface area contributed by atoms with Crippen LogP contribution in [0.2, 0.25) is 0 Å². The third-order valence-electron chi connectivity index (χ3n) is 4.40. The van der Waals surface area contributed by atoms with E-state index in [2.05, 4.69) is 20.7 Å². The summed E-state index contributed by atoms with van der Waals surface area (Å²) in [5.41, 5.74) is 2.60. The summed E-state index contributed by atoms with van der Waals surface area (Å²) in [7, 11) is 0. The summed E-state index contributed by atoms with van der Waals surface area (Å²) in [6, 6.07) is 0.324. The van der Waals surface area contributed by atoms with Crippen molar-refractivity contribution in [3.05, 3.63) is 33.7 Å². The first-order chi connectivity index (χ1) is 10.3. The number of nitrogens with one attached hydrogen (secondary N) is 1. The van der Waals surface area contributed by atoms with E-state index in [9.17, 15) is 0 Å². The number of hydrogen-bond donors (Lipinski definition) is 1. The van der Waals surface area contributed by atoms with Crippen LogP contribution in [0, 0.1) is 12.8 Å². The van der Waals surface area contributed by atoms with Gasteiger partial charge < -0.3 is 5.32 Å². The molecular formula is C16H20N4S. The van der Waals surface area contributed by atoms with Crippen LogP contribution >= 0.6 is 11.3 Å². The molecule has 2 heterocycles. The van der Waals surface area contributed by atoms with Gasteiger partial charge in [-0.2, -0.15) is 0 Å². The van der Waals surface area contributed by atoms with E-state index in [1.165, 1.54) is 41.9 Å². The average molecular weight is 300 g/mol. The lowest BCUT2D eigenvalue weighted by atomic mass is 9.96. The Balaban J connectivity index is 1.68. The van der Waals surface area contributed by atoms with Gasteiger partial charge in [0.15, 0.2) is 0 Å². The average Bonchev–Trinajstić information content (AvgIpc) is 3.18. The van der Waals surface area contributed by atoms with Crippen LogP contribution in [0.15, 0.2) is 11.6 Å². The fourth-order valence-electron chi connectivity index (χ4n) is 3.18. The molecule has 2 aliphatic carbocycles. The molecule has 4 rings (SSSR count). The molecular weight excluding hydrogens is 280 g/mol. The van der Waals surface area contributed by atoms with Crippen molar-refractivity contribution in [3.8, 4) is 0 Å². The molecule has 2 aliphatic rings. The molecule has 0 spiro atoms. The second kappa shape index (κ2) is 5.37. The molecule has 4 nitrogen and oxygen atoms in total. The van der Waals surface area contributed by atoms with Gasteiger partial charge >= 0.3 is 0 Å². The van der Waals surface area contributed by atoms with Crippen LogP contribution in [0.1, 0.15) is 53.8 Å². The van der Waals surface area contributed by atoms with Crippen LogP contribution in [0.4, 0.5) is 5.82 Å². The normalized spacial score (nSPS) is 19.1. The van der Waals surface area contributed by atoms with E-state index < -0.39 is 0 Å². The highest BCUT2D eigenvalue weighted by atomic mass is 32.1. The van der Waals surface area contributed by atoms with Crippen molar-refractivity contribution in [1.82, 2.24) is 15.0 Å². The molecule has 1 saturated carbocycles. The van der Waals surface area contributed by atoms with Gasteiger partial charge in [-0.25, -0.2) is 15.0 Å². The Kier molecular flexibility index (Phi) is 3.37. The summed E-state index contributed by atoms with van der Waals surface area (Å²) < 4.78 is 0. The number of thiazole rings is 1. The SMILES string of the molecule is Cc1nc2c(c(NC(c3nccs3)C3CC3)n1)CCCC2. The molecule has 2 aromatic heterocycles. The van der Waals surface area contributed by atoms with E-state index in [1.807, 2.05) is 13.1 Å². The first-order valence-electron chi connectivity index (χ1n) is 7.83. The highest BCUT2D eigenvalue weighted by Gasteiger charge is 2.35. The minimum absolute atomic E-state index is 0.324. The third-order valence-corrected chi connectivity index (χ3v) is 5.26. The summed E-state index contributed by atoms with van der Waals surface area (Å²) in [5.74, 6) is 2.65. The van der Waals surface area contributed by atoms with Gasteiger partial charge in [0.2, 0.25) is 0 Å². The molecule has 0 bridgehead atoms. The minimum atomic E-state index is 0.324. The Bertz CT molecular complexity index is 634. The van der Waals surface area contributed by atoms with E-state index in [0.29, 0.717) is 12.0 Å². The zero-order valence-electron chi connectivity index (χ0n) is 12.3. The third kappa shape index (κ3) is 2.67. The van der Waals surface area contributed by atoms with Crippen LogP contribution in [-0.2, 0) is 12.8 Å². The minimum Gasteiger partial charge on any atom is -0.360 e. The van der Waals surface area contributed by atoms with E-state index in [4.69, 9.17) is 4.98 Å². The molecule has 1 atom stereocenters. The Morgan fingerprint density at radius 1 is 1.24 bits per heavy atom. The number of aromatic nitrogens is 3. The Hall–Kier alpha value is -1.49. The second-order valence-electron chi connectivity index (χ2n) is 6.08. The van der Waals surface area contributed by atoms with Crippen molar-refractivity contribution in [3.63, 3.8) is 0 Å². The van der Waals surface area contributed by atoms with Crippen molar-refractivity contribution in [2.75, 3.05) is 5.32 Å². The highest BCUT2D eigenvalue weighted by molar-refractivity contribution is 7.09. The highest BCUT2D eigenvalue weighted by Crippen LogP contribution is 2.43. The van der Waals surface area contributed by atoms with Crippen LogP contribution in [0.5, 0.6) is 0 Å². The number of nitrogens with zero attached hydrogens (tertiary/aromatic N) is 3. The Morgan fingerprint density at radius 2 is 2.10 bits per heavy atom. The lowest BCUT2D eigenvalue weighted by Crippen LogP contribution is -2.18. The first-order valence-corrected chi connectivity index (χ1v) is 8.71. The standard InChI is InChI=1S/C16H20N4S/c1-10-18-13-5-3-2-4-12(13)15(19-10)20-14(11-6-7-11)16-17-8-9-21-16/h8-9,11,14H,2-7H2,1H3,(H,18,19,20). The predicted molar refractivity (Wildman–Crippen MR) is 84.6 cm³/mol. The van der Waals surface area contributed by atoms with E-state index >= 15 is 0 Å². The summed E-state index contributed by atoms with van der Waals surface area (Å²) in [5, 5.41) is 6.96. The van der Waals surface area contributed by atoms with Gasteiger partial charge in [0, 0.05) is 22.8 Å². The van der Waals surface area contributed by atoms with Gasteiger partial charge in [-0.05, 0) is 51.4 Å². The van der Waals surface area contributed by atoms with Gasteiger partial charge in [0.25, 0.3) is 0 Å². The van der Waals surface area contributed by atoms with Crippen molar-refractivity contribution in [2.45, 2.75) is 51.5 Å². The molecule has 1 N–H and O–H groups in total. The summed E-state index contributed by atoms with van der Waals surface area (Å²) >= 11 is 1.74. The van der Waals surface area contributed by atoms with E-state index in [0.717, 1.165) is 24.5 Å². The summed E-state index contributed by atoms with van der Waals surface area (Å²) in [6.07, 6.45) is 9.19. The van der Waals surface area contributed by atoms with Gasteiger partial charge in [-0.15, -0.1) is 11.3 Å². The van der Waals surface area contributed by atoms with Crippen molar-refractivity contribution in [1.29, 1.82) is 0 Å². The maximum absolute atomic E-state index is 4.70. The lowest BCUT2D eigenvalue weighted by molar-refractivity contribution is 0.641. The summed E-state index contributed by atoms with van der Waals surface area (Å²) in [4.78, 5) is 13.9. The van der Waals surface area contributed by atoms with Gasteiger partial charge in [0.05, 0.1) is 6.04 Å². The van der Waals surface area contributed by atoms with E-state index in [-0.39, 0.29) is 0 Å². The maximum Gasteiger partial charge on any atom is 0.133 e. The molecule has 110 valence electrons. The molecule has 1 fully saturated rings. The molecule has 5 heteroatoms. The smallest absolute Gasteiger partial charge is 0.133 e. The second-order valence-corrected chi connectivity index (χ2v) is 7.01. The van der Waals surface area contributed by atoms with Crippen LogP contribution in [0.25, 0.3) is 0 Å². The zero-order chi connectivity index (χ0) is 14.2. The van der Waals surface area contributed by atoms with Crippen LogP contribution in [-0.4, -0.2) is 15.0 Å². The predicted octanol–water partition coefficient (Wildman–Crippen LogP) is 3.68. The Labute approximate surface area is 129 Å². The molecule has 1 unspecified atom stereocenters. The fourth-order valence-corrected chi connectivity index (χ4v) is 3.96. The molecule has 0 amide bonds. The Morgan fingerprint density at radius 3 is 2.86 bits per heavy atom. The number of hydrogen-bond acceptors (Lipinski definition) is 5. The monoisotopic (exact) mass is 300 g/mol. The molecule has 2 aromatic rings. The first kappa shape index (κ1) is 13.2. The number of anilines is 1. The van der Waals surface area contributed by atoms with Gasteiger partial charge in [0.1, 0.15) is 16.6 Å². The van der Waals surface area contributed by atoms with E-state index in [1.54, 1.807) is 11.3 Å². The van der Waals surface area contributed by atoms with Crippen molar-refractivity contribution in [2.24, 2.45) is 5.92 Å². The molecule has 21 heavy (non-hydrogen) atoms. The quantitative estimate of drug-likeness (QED) is 0.935. The largest absolute Gasteiger partial charge is 0.360 e. The van der Waals surface area contributed by atoms with Crippen LogP contribution < -0.4 is 5.32 Å². The van der Waals surface area contributed by atoms with Crippen LogP contribution in [0.3, 0.4) is 0 Å². The molecule has 0 aromatic carbocycles. The molecule has 0 aliphatic heterocycles. The lowest BCUT2D eigenvalue weighted by Gasteiger charge is -2.23. The fraction of sp³-hybridized carbons (Fsp3) is 0.562. The maximum atomic E-state index is 4.70. The number of aryl methyl sites for hydroxylation is 2. The number of fused-ring (bicyclic) bond motifs is 1. The van der Waals surface area contributed by atoms with Crippen molar-refractivity contribution >= 4 is 17.2 Å². The van der Waals surface area contributed by atoms with Gasteiger partial charge in [-0.1, -0.05) is 0 Å². The number of rotatable bonds is 4. The molecule has 0 radical (unpaired) electrons. The molecule has 0 saturated heterocycles. The van der Waals surface area contributed by atoms with Crippen molar-refractivity contribution < 1.29 is 0 Å². The zero-order valence-corrected chi connectivity index (χ0v) is 13.1.